The molecule has 0 unspecified atom stereocenters. The van der Waals surface area contributed by atoms with Gasteiger partial charge in [0, 0.05) is 28.8 Å². The molecule has 2 aromatic rings. The molecule has 5 nitrogen and oxygen atoms in total. The van der Waals surface area contributed by atoms with Crippen LogP contribution >= 0.6 is 0 Å². The summed E-state index contributed by atoms with van der Waals surface area (Å²) in [4.78, 5) is 11.4. The molecule has 2 aromatic carbocycles. The van der Waals surface area contributed by atoms with Gasteiger partial charge < -0.3 is 14.2 Å². The highest BCUT2D eigenvalue weighted by Crippen LogP contribution is 2.31. The molecular weight excluding hydrogens is 320 g/mol. The second-order valence-corrected chi connectivity index (χ2v) is 5.49. The molecule has 0 saturated carbocycles. The molecule has 129 valence electrons. The lowest BCUT2D eigenvalue weighted by Gasteiger charge is -2.14. The van der Waals surface area contributed by atoms with Gasteiger partial charge >= 0.3 is 0 Å². The van der Waals surface area contributed by atoms with E-state index in [1.165, 1.54) is 20.3 Å². The normalized spacial score (nSPS) is 9.96. The first kappa shape index (κ1) is 18.2. The van der Waals surface area contributed by atoms with Gasteiger partial charge in [0.25, 0.3) is 0 Å². The van der Waals surface area contributed by atoms with Crippen LogP contribution in [0.2, 0.25) is 0 Å². The average molecular weight is 339 g/mol. The van der Waals surface area contributed by atoms with Crippen LogP contribution in [-0.2, 0) is 5.11 Å². The maximum Gasteiger partial charge on any atom is 0.221 e. The van der Waals surface area contributed by atoms with Gasteiger partial charge in [-0.25, -0.2) is 0 Å². The van der Waals surface area contributed by atoms with E-state index in [4.69, 9.17) is 14.2 Å². The Morgan fingerprint density at radius 1 is 0.960 bits per heavy atom. The van der Waals surface area contributed by atoms with Gasteiger partial charge in [0.15, 0.2) is 23.5 Å². The van der Waals surface area contributed by atoms with E-state index in [1.807, 2.05) is 13.8 Å². The zero-order valence-electron chi connectivity index (χ0n) is 14.6. The Hall–Kier alpha value is -3.13. The van der Waals surface area contributed by atoms with Crippen molar-refractivity contribution in [1.29, 1.82) is 0 Å². The number of hydrogen-bond donors (Lipinski definition) is 0. The van der Waals surface area contributed by atoms with Crippen molar-refractivity contribution >= 4 is 6.29 Å². The average Bonchev–Trinajstić information content (AvgIpc) is 2.59. The van der Waals surface area contributed by atoms with E-state index in [0.717, 1.165) is 0 Å². The summed E-state index contributed by atoms with van der Waals surface area (Å²) in [5.74, 6) is 6.77. The van der Waals surface area contributed by atoms with E-state index in [-0.39, 0.29) is 17.6 Å². The predicted octanol–water partition coefficient (Wildman–Crippen LogP) is 3.85. The topological polar surface area (TPSA) is 64.7 Å². The Kier molecular flexibility index (Phi) is 5.91. The molecule has 0 fully saturated rings. The Balaban J connectivity index is 2.43. The number of carbonyl (C=O) groups is 1. The van der Waals surface area contributed by atoms with Crippen molar-refractivity contribution in [3.05, 3.63) is 47.0 Å². The monoisotopic (exact) mass is 339 g/mol. The SMILES string of the molecule is COc1ccc(C#Cc2cc(OC)c(OC(C)C)cc2C=O)cc1[O]. The summed E-state index contributed by atoms with van der Waals surface area (Å²) in [7, 11) is 2.96. The standard InChI is InChI=1S/C20H19O5/c1-13(2)25-20-11-16(12-21)15(10-19(20)24-4)7-5-14-6-8-18(23-3)17(22)9-14/h6,8-13H,1-4H3. The van der Waals surface area contributed by atoms with Crippen molar-refractivity contribution in [3.8, 4) is 34.8 Å². The molecular formula is C20H19O5. The predicted molar refractivity (Wildman–Crippen MR) is 93.3 cm³/mol. The zero-order chi connectivity index (χ0) is 18.4. The molecule has 0 aliphatic heterocycles. The molecule has 5 heteroatoms. The molecule has 0 amide bonds. The molecule has 0 saturated heterocycles. The fourth-order valence-corrected chi connectivity index (χ4v) is 2.18. The molecule has 2 rings (SSSR count). The molecule has 0 heterocycles. The summed E-state index contributed by atoms with van der Waals surface area (Å²) < 4.78 is 15.9. The number of carbonyl (C=O) groups excluding carboxylic acids is 1. The van der Waals surface area contributed by atoms with Gasteiger partial charge in [-0.05, 0) is 32.0 Å². The van der Waals surface area contributed by atoms with Crippen molar-refractivity contribution in [2.75, 3.05) is 14.2 Å². The lowest BCUT2D eigenvalue weighted by molar-refractivity contribution is 0.112. The van der Waals surface area contributed by atoms with E-state index in [0.29, 0.717) is 34.5 Å². The van der Waals surface area contributed by atoms with Crippen LogP contribution in [0.25, 0.3) is 0 Å². The Labute approximate surface area is 147 Å². The number of ether oxygens (including phenoxy) is 3. The van der Waals surface area contributed by atoms with E-state index in [9.17, 15) is 9.90 Å². The van der Waals surface area contributed by atoms with E-state index in [2.05, 4.69) is 11.8 Å². The van der Waals surface area contributed by atoms with Crippen LogP contribution in [0.3, 0.4) is 0 Å². The summed E-state index contributed by atoms with van der Waals surface area (Å²) in [6, 6.07) is 7.88. The molecule has 0 bridgehead atoms. The number of rotatable bonds is 5. The molecule has 1 radical (unpaired) electrons. The number of aldehydes is 1. The minimum absolute atomic E-state index is 0.0555. The number of benzene rings is 2. The van der Waals surface area contributed by atoms with Crippen molar-refractivity contribution in [3.63, 3.8) is 0 Å². The summed E-state index contributed by atoms with van der Waals surface area (Å²) in [6.45, 7) is 3.77. The Morgan fingerprint density at radius 3 is 2.24 bits per heavy atom. The molecule has 0 aliphatic rings. The van der Waals surface area contributed by atoms with Crippen LogP contribution in [0, 0.1) is 11.8 Å². The van der Waals surface area contributed by atoms with E-state index >= 15 is 0 Å². The quantitative estimate of drug-likeness (QED) is 0.613. The van der Waals surface area contributed by atoms with Gasteiger partial charge in [0.2, 0.25) is 5.75 Å². The first-order chi connectivity index (χ1) is 12.0. The highest BCUT2D eigenvalue weighted by atomic mass is 16.5. The summed E-state index contributed by atoms with van der Waals surface area (Å²) in [6.07, 6.45) is 0.657. The van der Waals surface area contributed by atoms with Crippen LogP contribution in [0.1, 0.15) is 35.3 Å². The Bertz CT molecular complexity index is 828. The first-order valence-electron chi connectivity index (χ1n) is 7.69. The van der Waals surface area contributed by atoms with Crippen LogP contribution in [0.15, 0.2) is 30.3 Å². The zero-order valence-corrected chi connectivity index (χ0v) is 14.6. The number of hydrogen-bond acceptors (Lipinski definition) is 4. The second-order valence-electron chi connectivity index (χ2n) is 5.49. The molecule has 25 heavy (non-hydrogen) atoms. The van der Waals surface area contributed by atoms with Crippen LogP contribution in [0.4, 0.5) is 0 Å². The van der Waals surface area contributed by atoms with Gasteiger partial charge in [0.05, 0.1) is 20.3 Å². The molecule has 0 spiro atoms. The van der Waals surface area contributed by atoms with Gasteiger partial charge in [-0.15, -0.1) is 0 Å². The molecule has 0 aliphatic carbocycles. The van der Waals surface area contributed by atoms with Crippen molar-refractivity contribution < 1.29 is 24.1 Å². The minimum Gasteiger partial charge on any atom is -0.493 e. The maximum absolute atomic E-state index is 11.8. The maximum atomic E-state index is 11.8. The minimum atomic E-state index is -0.247. The van der Waals surface area contributed by atoms with E-state index < -0.39 is 0 Å². The Morgan fingerprint density at radius 2 is 1.68 bits per heavy atom. The summed E-state index contributed by atoms with van der Waals surface area (Å²) in [5.41, 5.74) is 1.41. The largest absolute Gasteiger partial charge is 0.493 e. The van der Waals surface area contributed by atoms with Gasteiger partial charge in [0.1, 0.15) is 0 Å². The van der Waals surface area contributed by atoms with Crippen molar-refractivity contribution in [2.45, 2.75) is 20.0 Å². The van der Waals surface area contributed by atoms with Crippen molar-refractivity contribution in [1.82, 2.24) is 0 Å². The lowest BCUT2D eigenvalue weighted by Crippen LogP contribution is -2.07. The van der Waals surface area contributed by atoms with Gasteiger partial charge in [-0.1, -0.05) is 11.8 Å². The third kappa shape index (κ3) is 4.45. The van der Waals surface area contributed by atoms with E-state index in [1.54, 1.807) is 24.3 Å². The third-order valence-electron chi connectivity index (χ3n) is 3.33. The smallest absolute Gasteiger partial charge is 0.221 e. The second kappa shape index (κ2) is 8.11. The molecule has 0 N–H and O–H groups in total. The van der Waals surface area contributed by atoms with Gasteiger partial charge in [-0.3, -0.25) is 9.90 Å². The number of methoxy groups -OCH3 is 2. The first-order valence-corrected chi connectivity index (χ1v) is 7.69. The summed E-state index contributed by atoms with van der Waals surface area (Å²) in [5, 5.41) is 11.8. The summed E-state index contributed by atoms with van der Waals surface area (Å²) >= 11 is 0. The lowest BCUT2D eigenvalue weighted by atomic mass is 10.1. The highest BCUT2D eigenvalue weighted by Gasteiger charge is 2.12. The van der Waals surface area contributed by atoms with Crippen LogP contribution < -0.4 is 14.2 Å². The van der Waals surface area contributed by atoms with Gasteiger partial charge in [-0.2, -0.15) is 0 Å². The van der Waals surface area contributed by atoms with Crippen molar-refractivity contribution in [2.24, 2.45) is 0 Å². The van der Waals surface area contributed by atoms with Crippen LogP contribution in [0.5, 0.6) is 23.0 Å². The third-order valence-corrected chi connectivity index (χ3v) is 3.33. The van der Waals surface area contributed by atoms with Crippen LogP contribution in [-0.4, -0.2) is 26.6 Å². The highest BCUT2D eigenvalue weighted by molar-refractivity contribution is 5.81. The molecule has 0 atom stereocenters. The fraction of sp³-hybridized carbons (Fsp3) is 0.250. The fourth-order valence-electron chi connectivity index (χ4n) is 2.18. The molecule has 0 aromatic heterocycles.